The van der Waals surface area contributed by atoms with Crippen molar-refractivity contribution in [2.45, 2.75) is 6.54 Å². The molecule has 6 rings (SSSR count). The summed E-state index contributed by atoms with van der Waals surface area (Å²) in [5, 5.41) is 10.9. The van der Waals surface area contributed by atoms with E-state index < -0.39 is 0 Å². The van der Waals surface area contributed by atoms with Crippen molar-refractivity contribution in [3.8, 4) is 28.2 Å². The molecule has 8 heteroatoms. The van der Waals surface area contributed by atoms with Crippen molar-refractivity contribution in [2.75, 3.05) is 5.32 Å². The van der Waals surface area contributed by atoms with Gasteiger partial charge in [-0.3, -0.25) is 4.98 Å². The minimum Gasteiger partial charge on any atom is -0.365 e. The predicted molar refractivity (Wildman–Crippen MR) is 135 cm³/mol. The first-order chi connectivity index (χ1) is 16.8. The minimum atomic E-state index is 0.625. The molecular weight excluding hydrogens is 442 g/mol. The average molecular weight is 462 g/mol. The molecule has 0 aliphatic carbocycles. The van der Waals surface area contributed by atoms with Crippen molar-refractivity contribution >= 4 is 27.4 Å². The summed E-state index contributed by atoms with van der Waals surface area (Å²) in [5.41, 5.74) is 5.26. The number of fused-ring (bicyclic) bond motifs is 1. The second kappa shape index (κ2) is 8.84. The van der Waals surface area contributed by atoms with Crippen LogP contribution < -0.4 is 5.32 Å². The van der Waals surface area contributed by atoms with Crippen molar-refractivity contribution < 1.29 is 0 Å². The van der Waals surface area contributed by atoms with E-state index in [-0.39, 0.29) is 0 Å². The topological polar surface area (TPSA) is 81.4 Å². The fourth-order valence-corrected chi connectivity index (χ4v) is 4.76. The number of nitrogens with zero attached hydrogens (tertiary/aromatic N) is 6. The van der Waals surface area contributed by atoms with E-state index in [1.165, 1.54) is 6.33 Å². The van der Waals surface area contributed by atoms with E-state index in [0.717, 1.165) is 44.0 Å². The molecule has 2 aromatic carbocycles. The third kappa shape index (κ3) is 3.91. The molecule has 0 spiro atoms. The molecule has 0 bridgehead atoms. The Balaban J connectivity index is 1.38. The number of nitrogens with one attached hydrogen (secondary N) is 1. The maximum absolute atomic E-state index is 4.92. The Labute approximate surface area is 199 Å². The molecule has 0 unspecified atom stereocenters. The molecule has 0 radical (unpaired) electrons. The molecule has 0 amide bonds. The number of benzene rings is 2. The Morgan fingerprint density at radius 2 is 1.71 bits per heavy atom. The van der Waals surface area contributed by atoms with Gasteiger partial charge in [-0.25, -0.2) is 19.6 Å². The Hall–Kier alpha value is -4.43. The minimum absolute atomic E-state index is 0.625. The summed E-state index contributed by atoms with van der Waals surface area (Å²) >= 11 is 1.63. The van der Waals surface area contributed by atoms with Crippen LogP contribution in [-0.4, -0.2) is 29.7 Å². The largest absolute Gasteiger partial charge is 0.365 e. The van der Waals surface area contributed by atoms with E-state index in [1.54, 1.807) is 34.7 Å². The summed E-state index contributed by atoms with van der Waals surface area (Å²) in [4.78, 5) is 19.0. The van der Waals surface area contributed by atoms with E-state index >= 15 is 0 Å². The van der Waals surface area contributed by atoms with Gasteiger partial charge in [0.05, 0.1) is 11.1 Å². The first-order valence-electron chi connectivity index (χ1n) is 10.8. The first-order valence-corrected chi connectivity index (χ1v) is 11.7. The van der Waals surface area contributed by atoms with Gasteiger partial charge in [0, 0.05) is 35.4 Å². The van der Waals surface area contributed by atoms with Crippen molar-refractivity contribution in [1.29, 1.82) is 0 Å². The number of hydrogen-bond acceptors (Lipinski definition) is 7. The number of pyridine rings is 1. The Bertz CT molecular complexity index is 1530. The van der Waals surface area contributed by atoms with E-state index in [9.17, 15) is 0 Å². The van der Waals surface area contributed by atoms with Crippen LogP contribution in [-0.2, 0) is 6.54 Å². The molecule has 4 heterocycles. The van der Waals surface area contributed by atoms with Crippen LogP contribution in [0.15, 0.2) is 97.2 Å². The predicted octanol–water partition coefficient (Wildman–Crippen LogP) is 5.61. The van der Waals surface area contributed by atoms with E-state index in [0.29, 0.717) is 12.4 Å². The molecular formula is C26H19N7S. The average Bonchev–Trinajstić information content (AvgIpc) is 3.59. The normalized spacial score (nSPS) is 11.1. The lowest BCUT2D eigenvalue weighted by atomic mass is 10.1. The number of rotatable bonds is 6. The van der Waals surface area contributed by atoms with Crippen LogP contribution in [0.4, 0.5) is 5.82 Å². The molecule has 0 aliphatic heterocycles. The van der Waals surface area contributed by atoms with Gasteiger partial charge in [-0.1, -0.05) is 42.5 Å². The summed E-state index contributed by atoms with van der Waals surface area (Å²) in [6, 6.07) is 22.4. The van der Waals surface area contributed by atoms with Crippen molar-refractivity contribution in [3.05, 3.63) is 103 Å². The van der Waals surface area contributed by atoms with Gasteiger partial charge in [0.1, 0.15) is 23.3 Å². The summed E-state index contributed by atoms with van der Waals surface area (Å²) < 4.78 is 1.74. The van der Waals surface area contributed by atoms with Crippen molar-refractivity contribution in [3.63, 3.8) is 0 Å². The molecule has 34 heavy (non-hydrogen) atoms. The Kier molecular flexibility index (Phi) is 5.25. The fraction of sp³-hybridized carbons (Fsp3) is 0.0385. The van der Waals surface area contributed by atoms with Crippen LogP contribution in [0.3, 0.4) is 0 Å². The number of anilines is 1. The van der Waals surface area contributed by atoms with Crippen molar-refractivity contribution in [1.82, 2.24) is 29.7 Å². The van der Waals surface area contributed by atoms with Gasteiger partial charge in [0.15, 0.2) is 5.82 Å². The fourth-order valence-electron chi connectivity index (χ4n) is 3.82. The summed E-state index contributed by atoms with van der Waals surface area (Å²) in [6.07, 6.45) is 6.76. The monoisotopic (exact) mass is 461 g/mol. The highest BCUT2D eigenvalue weighted by Crippen LogP contribution is 2.38. The summed E-state index contributed by atoms with van der Waals surface area (Å²) in [6.45, 7) is 0.625. The maximum atomic E-state index is 4.92. The van der Waals surface area contributed by atoms with Crippen molar-refractivity contribution in [2.24, 2.45) is 0 Å². The molecule has 0 aliphatic rings. The summed E-state index contributed by atoms with van der Waals surface area (Å²) in [7, 11) is 0. The highest BCUT2D eigenvalue weighted by molar-refractivity contribution is 7.17. The van der Waals surface area contributed by atoms with E-state index in [2.05, 4.69) is 50.0 Å². The highest BCUT2D eigenvalue weighted by Gasteiger charge is 2.16. The van der Waals surface area contributed by atoms with Gasteiger partial charge in [-0.15, -0.1) is 11.3 Å². The van der Waals surface area contributed by atoms with Gasteiger partial charge in [-0.05, 0) is 35.4 Å². The van der Waals surface area contributed by atoms with Gasteiger partial charge >= 0.3 is 0 Å². The van der Waals surface area contributed by atoms with Crippen LogP contribution in [0.5, 0.6) is 0 Å². The summed E-state index contributed by atoms with van der Waals surface area (Å²) in [5.74, 6) is 1.47. The number of aromatic nitrogens is 6. The van der Waals surface area contributed by atoms with Gasteiger partial charge in [-0.2, -0.15) is 5.10 Å². The molecule has 0 saturated carbocycles. The second-order valence-corrected chi connectivity index (χ2v) is 8.55. The highest BCUT2D eigenvalue weighted by atomic mass is 32.1. The zero-order chi connectivity index (χ0) is 22.7. The molecule has 1 N–H and O–H groups in total. The maximum Gasteiger partial charge on any atom is 0.164 e. The molecule has 0 fully saturated rings. The second-order valence-electron chi connectivity index (χ2n) is 7.69. The van der Waals surface area contributed by atoms with Gasteiger partial charge in [0.25, 0.3) is 0 Å². The van der Waals surface area contributed by atoms with Crippen LogP contribution in [0.1, 0.15) is 5.56 Å². The smallest absolute Gasteiger partial charge is 0.164 e. The van der Waals surface area contributed by atoms with Gasteiger partial charge < -0.3 is 5.32 Å². The molecule has 0 saturated heterocycles. The van der Waals surface area contributed by atoms with Crippen LogP contribution in [0, 0.1) is 0 Å². The molecule has 164 valence electrons. The number of thiophene rings is 1. The molecule has 4 aromatic heterocycles. The standard InChI is InChI=1S/C26H19N7S/c1-2-5-19(6-3-1)22-15-34-26-23(22)25(31-24(32-26)20-7-4-12-27-14-20)29-13-18-8-10-21(11-9-18)33-17-28-16-30-33/h1-12,14-17H,13H2,(H,29,31,32). The quantitative estimate of drug-likeness (QED) is 0.347. The van der Waals surface area contributed by atoms with Gasteiger partial charge in [0.2, 0.25) is 0 Å². The van der Waals surface area contributed by atoms with E-state index in [4.69, 9.17) is 9.97 Å². The zero-order valence-corrected chi connectivity index (χ0v) is 18.9. The van der Waals surface area contributed by atoms with Crippen LogP contribution in [0.2, 0.25) is 0 Å². The number of hydrogen-bond donors (Lipinski definition) is 1. The first kappa shape index (κ1) is 20.2. The van der Waals surface area contributed by atoms with Crippen LogP contribution >= 0.6 is 11.3 Å². The Morgan fingerprint density at radius 1 is 0.853 bits per heavy atom. The molecule has 7 nitrogen and oxygen atoms in total. The van der Waals surface area contributed by atoms with E-state index in [1.807, 2.05) is 42.5 Å². The lowest BCUT2D eigenvalue weighted by Crippen LogP contribution is -2.04. The van der Waals surface area contributed by atoms with Crippen LogP contribution in [0.25, 0.3) is 38.4 Å². The lowest BCUT2D eigenvalue weighted by molar-refractivity contribution is 0.877. The molecule has 6 aromatic rings. The Morgan fingerprint density at radius 3 is 2.47 bits per heavy atom. The SMILES string of the molecule is c1ccc(-c2csc3nc(-c4cccnc4)nc(NCc4ccc(-n5cncn5)cc4)c23)cc1. The molecule has 0 atom stereocenters. The zero-order valence-electron chi connectivity index (χ0n) is 18.0. The third-order valence-corrected chi connectivity index (χ3v) is 6.39. The third-order valence-electron chi connectivity index (χ3n) is 5.52. The lowest BCUT2D eigenvalue weighted by Gasteiger charge is -2.11.